The van der Waals surface area contributed by atoms with E-state index in [4.69, 9.17) is 11.0 Å². The van der Waals surface area contributed by atoms with E-state index in [1.54, 1.807) is 30.3 Å². The average molecular weight is 280 g/mol. The van der Waals surface area contributed by atoms with Crippen LogP contribution in [-0.2, 0) is 0 Å². The van der Waals surface area contributed by atoms with Crippen molar-refractivity contribution >= 4 is 17.4 Å². The van der Waals surface area contributed by atoms with Crippen molar-refractivity contribution in [2.24, 2.45) is 0 Å². The molecule has 2 amide bonds. The summed E-state index contributed by atoms with van der Waals surface area (Å²) in [5.74, 6) is 0. The average Bonchev–Trinajstić information content (AvgIpc) is 2.48. The highest BCUT2D eigenvalue weighted by Crippen LogP contribution is 2.19. The van der Waals surface area contributed by atoms with Gasteiger partial charge in [0.05, 0.1) is 17.7 Å². The minimum absolute atomic E-state index is 0.204. The second-order valence-electron chi connectivity index (χ2n) is 4.64. The molecule has 2 aromatic carbocycles. The van der Waals surface area contributed by atoms with Crippen LogP contribution in [0.1, 0.15) is 24.1 Å². The number of nitrogens with zero attached hydrogens (tertiary/aromatic N) is 1. The van der Waals surface area contributed by atoms with Gasteiger partial charge in [0.15, 0.2) is 0 Å². The van der Waals surface area contributed by atoms with Gasteiger partial charge < -0.3 is 16.4 Å². The van der Waals surface area contributed by atoms with Crippen molar-refractivity contribution in [2.75, 3.05) is 11.1 Å². The molecule has 0 fully saturated rings. The molecule has 0 radical (unpaired) electrons. The van der Waals surface area contributed by atoms with E-state index in [1.165, 1.54) is 0 Å². The van der Waals surface area contributed by atoms with Crippen LogP contribution in [0.3, 0.4) is 0 Å². The SMILES string of the molecule is CC(NC(=O)Nc1ccc(C#N)cc1)c1ccccc1N. The molecule has 106 valence electrons. The lowest BCUT2D eigenvalue weighted by Gasteiger charge is -2.16. The molecule has 0 saturated carbocycles. The number of nitrogens with two attached hydrogens (primary N) is 1. The molecule has 5 nitrogen and oxygen atoms in total. The Labute approximate surface area is 123 Å². The molecule has 1 atom stereocenters. The van der Waals surface area contributed by atoms with Crippen molar-refractivity contribution < 1.29 is 4.79 Å². The zero-order valence-electron chi connectivity index (χ0n) is 11.6. The van der Waals surface area contributed by atoms with Crippen LogP contribution in [0.4, 0.5) is 16.2 Å². The molecule has 5 heteroatoms. The van der Waals surface area contributed by atoms with E-state index in [9.17, 15) is 4.79 Å². The number of nitriles is 1. The first kappa shape index (κ1) is 14.4. The quantitative estimate of drug-likeness (QED) is 0.755. The van der Waals surface area contributed by atoms with Crippen molar-refractivity contribution in [2.45, 2.75) is 13.0 Å². The maximum atomic E-state index is 11.9. The number of para-hydroxylation sites is 1. The predicted octanol–water partition coefficient (Wildman–Crippen LogP) is 3.02. The molecule has 0 aromatic heterocycles. The second-order valence-corrected chi connectivity index (χ2v) is 4.64. The van der Waals surface area contributed by atoms with Gasteiger partial charge in [-0.3, -0.25) is 0 Å². The summed E-state index contributed by atoms with van der Waals surface area (Å²) in [6.07, 6.45) is 0. The Morgan fingerprint density at radius 1 is 1.19 bits per heavy atom. The lowest BCUT2D eigenvalue weighted by Crippen LogP contribution is -2.31. The van der Waals surface area contributed by atoms with Crippen molar-refractivity contribution in [3.8, 4) is 6.07 Å². The highest BCUT2D eigenvalue weighted by Gasteiger charge is 2.11. The van der Waals surface area contributed by atoms with Crippen LogP contribution in [0.15, 0.2) is 48.5 Å². The Morgan fingerprint density at radius 2 is 1.86 bits per heavy atom. The summed E-state index contributed by atoms with van der Waals surface area (Å²) >= 11 is 0. The fourth-order valence-corrected chi connectivity index (χ4v) is 1.97. The standard InChI is InChI=1S/C16H16N4O/c1-11(14-4-2-3-5-15(14)18)19-16(21)20-13-8-6-12(10-17)7-9-13/h2-9,11H,18H2,1H3,(H2,19,20,21). The Kier molecular flexibility index (Phi) is 4.42. The Balaban J connectivity index is 1.98. The molecule has 1 unspecified atom stereocenters. The van der Waals surface area contributed by atoms with Crippen molar-refractivity contribution in [3.63, 3.8) is 0 Å². The molecule has 4 N–H and O–H groups in total. The topological polar surface area (TPSA) is 90.9 Å². The molecule has 2 rings (SSSR count). The minimum Gasteiger partial charge on any atom is -0.398 e. The lowest BCUT2D eigenvalue weighted by molar-refractivity contribution is 0.249. The van der Waals surface area contributed by atoms with Gasteiger partial charge in [-0.15, -0.1) is 0 Å². The van der Waals surface area contributed by atoms with E-state index in [1.807, 2.05) is 31.2 Å². The molecular weight excluding hydrogens is 264 g/mol. The molecule has 0 aliphatic carbocycles. The van der Waals surface area contributed by atoms with Crippen LogP contribution in [0.25, 0.3) is 0 Å². The largest absolute Gasteiger partial charge is 0.398 e. The van der Waals surface area contributed by atoms with E-state index >= 15 is 0 Å². The number of carbonyl (C=O) groups excluding carboxylic acids is 1. The molecule has 0 saturated heterocycles. The van der Waals surface area contributed by atoms with Crippen LogP contribution >= 0.6 is 0 Å². The van der Waals surface area contributed by atoms with Gasteiger partial charge in [-0.2, -0.15) is 5.26 Å². The first-order valence-electron chi connectivity index (χ1n) is 6.52. The van der Waals surface area contributed by atoms with Crippen molar-refractivity contribution in [1.29, 1.82) is 5.26 Å². The second kappa shape index (κ2) is 6.44. The maximum absolute atomic E-state index is 11.9. The number of rotatable bonds is 3. The van der Waals surface area contributed by atoms with Gasteiger partial charge in [0.25, 0.3) is 0 Å². The van der Waals surface area contributed by atoms with E-state index in [2.05, 4.69) is 10.6 Å². The number of hydrogen-bond donors (Lipinski definition) is 3. The zero-order chi connectivity index (χ0) is 15.2. The number of anilines is 2. The Hall–Kier alpha value is -3.00. The van der Waals surface area contributed by atoms with Gasteiger partial charge in [0.1, 0.15) is 0 Å². The van der Waals surface area contributed by atoms with Crippen LogP contribution in [0.2, 0.25) is 0 Å². The van der Waals surface area contributed by atoms with Gasteiger partial charge in [-0.1, -0.05) is 18.2 Å². The van der Waals surface area contributed by atoms with Crippen LogP contribution in [0.5, 0.6) is 0 Å². The molecule has 0 bridgehead atoms. The smallest absolute Gasteiger partial charge is 0.319 e. The summed E-state index contributed by atoms with van der Waals surface area (Å²) in [5, 5.41) is 14.3. The number of hydrogen-bond acceptors (Lipinski definition) is 3. The normalized spacial score (nSPS) is 11.2. The monoisotopic (exact) mass is 280 g/mol. The molecule has 21 heavy (non-hydrogen) atoms. The Bertz CT molecular complexity index is 673. The molecule has 0 spiro atoms. The molecule has 0 aliphatic heterocycles. The number of carbonyl (C=O) groups is 1. The van der Waals surface area contributed by atoms with Gasteiger partial charge >= 0.3 is 6.03 Å². The first-order valence-corrected chi connectivity index (χ1v) is 6.52. The predicted molar refractivity (Wildman–Crippen MR) is 82.6 cm³/mol. The molecule has 0 aliphatic rings. The first-order chi connectivity index (χ1) is 10.1. The van der Waals surface area contributed by atoms with E-state index < -0.39 is 0 Å². The molecular formula is C16H16N4O. The number of nitrogens with one attached hydrogen (secondary N) is 2. The number of nitrogen functional groups attached to an aromatic ring is 1. The number of urea groups is 1. The van der Waals surface area contributed by atoms with Crippen molar-refractivity contribution in [3.05, 3.63) is 59.7 Å². The Morgan fingerprint density at radius 3 is 2.48 bits per heavy atom. The summed E-state index contributed by atoms with van der Waals surface area (Å²) in [6.45, 7) is 1.87. The third kappa shape index (κ3) is 3.74. The van der Waals surface area contributed by atoms with Gasteiger partial charge in [0, 0.05) is 11.4 Å². The maximum Gasteiger partial charge on any atom is 0.319 e. The fraction of sp³-hybridized carbons (Fsp3) is 0.125. The highest BCUT2D eigenvalue weighted by atomic mass is 16.2. The van der Waals surface area contributed by atoms with E-state index in [0.29, 0.717) is 16.9 Å². The summed E-state index contributed by atoms with van der Waals surface area (Å²) in [4.78, 5) is 11.9. The van der Waals surface area contributed by atoms with Crippen molar-refractivity contribution in [1.82, 2.24) is 5.32 Å². The summed E-state index contributed by atoms with van der Waals surface area (Å²) in [5.41, 5.74) is 8.56. The third-order valence-electron chi connectivity index (χ3n) is 3.08. The third-order valence-corrected chi connectivity index (χ3v) is 3.08. The number of amides is 2. The van der Waals surface area contributed by atoms with Crippen LogP contribution in [0, 0.1) is 11.3 Å². The molecule has 0 heterocycles. The summed E-state index contributed by atoms with van der Waals surface area (Å²) < 4.78 is 0. The minimum atomic E-state index is -0.324. The zero-order valence-corrected chi connectivity index (χ0v) is 11.6. The molecule has 2 aromatic rings. The lowest BCUT2D eigenvalue weighted by atomic mass is 10.1. The number of benzene rings is 2. The van der Waals surface area contributed by atoms with Gasteiger partial charge in [0.2, 0.25) is 0 Å². The van der Waals surface area contributed by atoms with Gasteiger partial charge in [-0.05, 0) is 42.8 Å². The summed E-state index contributed by atoms with van der Waals surface area (Å²) in [6, 6.07) is 15.6. The van der Waals surface area contributed by atoms with Crippen LogP contribution in [-0.4, -0.2) is 6.03 Å². The van der Waals surface area contributed by atoms with Crippen LogP contribution < -0.4 is 16.4 Å². The highest BCUT2D eigenvalue weighted by molar-refractivity contribution is 5.89. The van der Waals surface area contributed by atoms with Gasteiger partial charge in [-0.25, -0.2) is 4.79 Å². The van der Waals surface area contributed by atoms with E-state index in [0.717, 1.165) is 5.56 Å². The summed E-state index contributed by atoms with van der Waals surface area (Å²) in [7, 11) is 0. The fourth-order valence-electron chi connectivity index (χ4n) is 1.97. The van der Waals surface area contributed by atoms with E-state index in [-0.39, 0.29) is 12.1 Å².